The average Bonchev–Trinajstić information content (AvgIpc) is 2.87. The van der Waals surface area contributed by atoms with Crippen molar-refractivity contribution in [2.45, 2.75) is 31.8 Å². The zero-order chi connectivity index (χ0) is 12.8. The number of hydrogen-bond acceptors (Lipinski definition) is 4. The minimum absolute atomic E-state index is 0.147. The summed E-state index contributed by atoms with van der Waals surface area (Å²) in [7, 11) is 1.31. The van der Waals surface area contributed by atoms with Gasteiger partial charge in [0.1, 0.15) is 6.04 Å². The summed E-state index contributed by atoms with van der Waals surface area (Å²) in [6.45, 7) is 6.29. The first-order chi connectivity index (χ1) is 8.10. The fourth-order valence-corrected chi connectivity index (χ4v) is 1.83. The molecule has 5 nitrogen and oxygen atoms in total. The molecule has 96 valence electrons. The molecule has 1 aliphatic rings. The predicted molar refractivity (Wildman–Crippen MR) is 64.3 cm³/mol. The number of carbonyl (C=O) groups is 2. The maximum absolute atomic E-state index is 11.9. The minimum atomic E-state index is -0.660. The highest BCUT2D eigenvalue weighted by molar-refractivity contribution is 5.88. The Hall–Kier alpha value is -1.36. The SMILES string of the molecule is C=CC(C)C(NC(=O)C1CCCN1)C(=O)OC. The Morgan fingerprint density at radius 2 is 2.29 bits per heavy atom. The molecule has 1 fully saturated rings. The Morgan fingerprint density at radius 1 is 1.59 bits per heavy atom. The third kappa shape index (κ3) is 3.56. The number of carbonyl (C=O) groups excluding carboxylic acids is 2. The van der Waals surface area contributed by atoms with Crippen molar-refractivity contribution in [1.29, 1.82) is 0 Å². The molecule has 0 bridgehead atoms. The van der Waals surface area contributed by atoms with Gasteiger partial charge in [-0.1, -0.05) is 13.0 Å². The van der Waals surface area contributed by atoms with E-state index < -0.39 is 12.0 Å². The van der Waals surface area contributed by atoms with Gasteiger partial charge >= 0.3 is 5.97 Å². The molecule has 0 aromatic rings. The lowest BCUT2D eigenvalue weighted by atomic mass is 10.0. The normalized spacial score (nSPS) is 22.6. The number of amides is 1. The summed E-state index contributed by atoms with van der Waals surface area (Å²) in [5.74, 6) is -0.747. The van der Waals surface area contributed by atoms with Gasteiger partial charge in [-0.25, -0.2) is 4.79 Å². The smallest absolute Gasteiger partial charge is 0.328 e. The fourth-order valence-electron chi connectivity index (χ4n) is 1.83. The van der Waals surface area contributed by atoms with E-state index in [1.54, 1.807) is 6.08 Å². The topological polar surface area (TPSA) is 67.4 Å². The van der Waals surface area contributed by atoms with E-state index in [4.69, 9.17) is 0 Å². The quantitative estimate of drug-likeness (QED) is 0.533. The van der Waals surface area contributed by atoms with Crippen molar-refractivity contribution in [2.24, 2.45) is 5.92 Å². The monoisotopic (exact) mass is 240 g/mol. The van der Waals surface area contributed by atoms with E-state index in [1.807, 2.05) is 6.92 Å². The van der Waals surface area contributed by atoms with Gasteiger partial charge in [0.25, 0.3) is 0 Å². The van der Waals surface area contributed by atoms with E-state index in [0.717, 1.165) is 19.4 Å². The lowest BCUT2D eigenvalue weighted by molar-refractivity contribution is -0.146. The van der Waals surface area contributed by atoms with Gasteiger partial charge in [-0.05, 0) is 19.4 Å². The fraction of sp³-hybridized carbons (Fsp3) is 0.667. The van der Waals surface area contributed by atoms with Crippen molar-refractivity contribution >= 4 is 11.9 Å². The summed E-state index contributed by atoms with van der Waals surface area (Å²) in [5, 5.41) is 5.80. The van der Waals surface area contributed by atoms with Gasteiger partial charge in [-0.2, -0.15) is 0 Å². The molecule has 0 radical (unpaired) electrons. The van der Waals surface area contributed by atoms with Crippen LogP contribution in [-0.2, 0) is 14.3 Å². The molecule has 0 saturated carbocycles. The molecule has 0 aromatic carbocycles. The molecule has 1 heterocycles. The van der Waals surface area contributed by atoms with E-state index in [2.05, 4.69) is 21.9 Å². The first kappa shape index (κ1) is 13.7. The number of hydrogen-bond donors (Lipinski definition) is 2. The second-order valence-corrected chi connectivity index (χ2v) is 4.25. The molecular weight excluding hydrogens is 220 g/mol. The summed E-state index contributed by atoms with van der Waals surface area (Å²) in [4.78, 5) is 23.4. The van der Waals surface area contributed by atoms with Crippen LogP contribution in [0.25, 0.3) is 0 Å². The van der Waals surface area contributed by atoms with Gasteiger partial charge < -0.3 is 15.4 Å². The van der Waals surface area contributed by atoms with Crippen LogP contribution in [-0.4, -0.2) is 37.6 Å². The maximum atomic E-state index is 11.9. The molecule has 1 rings (SSSR count). The van der Waals surface area contributed by atoms with E-state index >= 15 is 0 Å². The Morgan fingerprint density at radius 3 is 2.76 bits per heavy atom. The van der Waals surface area contributed by atoms with Crippen molar-refractivity contribution < 1.29 is 14.3 Å². The van der Waals surface area contributed by atoms with E-state index in [1.165, 1.54) is 7.11 Å². The first-order valence-electron chi connectivity index (χ1n) is 5.84. The van der Waals surface area contributed by atoms with Crippen LogP contribution in [0.15, 0.2) is 12.7 Å². The standard InChI is InChI=1S/C12H20N2O3/c1-4-8(2)10(12(16)17-3)14-11(15)9-6-5-7-13-9/h4,8-10,13H,1,5-7H2,2-3H3,(H,14,15). The van der Waals surface area contributed by atoms with Gasteiger partial charge in [0.05, 0.1) is 13.2 Å². The number of ether oxygens (including phenoxy) is 1. The molecule has 1 amide bonds. The molecule has 0 aliphatic carbocycles. The molecule has 5 heteroatoms. The molecule has 1 saturated heterocycles. The van der Waals surface area contributed by atoms with Gasteiger partial charge in [0.2, 0.25) is 5.91 Å². The van der Waals surface area contributed by atoms with Crippen molar-refractivity contribution in [3.8, 4) is 0 Å². The third-order valence-electron chi connectivity index (χ3n) is 3.03. The summed E-state index contributed by atoms with van der Waals surface area (Å²) in [6, 6.07) is -0.855. The first-order valence-corrected chi connectivity index (χ1v) is 5.84. The maximum Gasteiger partial charge on any atom is 0.328 e. The van der Waals surface area contributed by atoms with Gasteiger partial charge in [0.15, 0.2) is 0 Å². The van der Waals surface area contributed by atoms with Crippen molar-refractivity contribution in [2.75, 3.05) is 13.7 Å². The number of methoxy groups -OCH3 is 1. The van der Waals surface area contributed by atoms with E-state index in [0.29, 0.717) is 0 Å². The molecule has 2 N–H and O–H groups in total. The largest absolute Gasteiger partial charge is 0.467 e. The second-order valence-electron chi connectivity index (χ2n) is 4.25. The molecule has 1 aliphatic heterocycles. The summed E-state index contributed by atoms with van der Waals surface area (Å²) >= 11 is 0. The van der Waals surface area contributed by atoms with Gasteiger partial charge in [-0.15, -0.1) is 6.58 Å². The number of esters is 1. The van der Waals surface area contributed by atoms with Crippen LogP contribution in [0.2, 0.25) is 0 Å². The van der Waals surface area contributed by atoms with Crippen molar-refractivity contribution in [3.05, 3.63) is 12.7 Å². The molecule has 17 heavy (non-hydrogen) atoms. The summed E-state index contributed by atoms with van der Waals surface area (Å²) in [6.07, 6.45) is 3.42. The molecule has 0 aromatic heterocycles. The Labute approximate surface area is 102 Å². The van der Waals surface area contributed by atoms with Crippen LogP contribution >= 0.6 is 0 Å². The van der Waals surface area contributed by atoms with Gasteiger partial charge in [-0.3, -0.25) is 4.79 Å². The summed E-state index contributed by atoms with van der Waals surface area (Å²) < 4.78 is 4.68. The van der Waals surface area contributed by atoms with Gasteiger partial charge in [0, 0.05) is 5.92 Å². The minimum Gasteiger partial charge on any atom is -0.467 e. The molecular formula is C12H20N2O3. The van der Waals surface area contributed by atoms with Crippen LogP contribution in [0.3, 0.4) is 0 Å². The molecule has 3 unspecified atom stereocenters. The Kier molecular flexibility index (Phi) is 5.15. The highest BCUT2D eigenvalue weighted by Gasteiger charge is 2.30. The number of nitrogens with one attached hydrogen (secondary N) is 2. The predicted octanol–water partition coefficient (Wildman–Crippen LogP) is 0.218. The van der Waals surface area contributed by atoms with Crippen LogP contribution in [0.5, 0.6) is 0 Å². The Balaban J connectivity index is 2.61. The zero-order valence-electron chi connectivity index (χ0n) is 10.4. The van der Waals surface area contributed by atoms with E-state index in [9.17, 15) is 9.59 Å². The highest BCUT2D eigenvalue weighted by Crippen LogP contribution is 2.09. The number of rotatable bonds is 5. The van der Waals surface area contributed by atoms with Crippen LogP contribution in [0, 0.1) is 5.92 Å². The Bertz CT molecular complexity index is 298. The van der Waals surface area contributed by atoms with Crippen LogP contribution in [0.4, 0.5) is 0 Å². The lowest BCUT2D eigenvalue weighted by Gasteiger charge is -2.22. The highest BCUT2D eigenvalue weighted by atomic mass is 16.5. The lowest BCUT2D eigenvalue weighted by Crippen LogP contribution is -2.50. The molecule has 0 spiro atoms. The van der Waals surface area contributed by atoms with Crippen LogP contribution < -0.4 is 10.6 Å². The van der Waals surface area contributed by atoms with E-state index in [-0.39, 0.29) is 17.9 Å². The zero-order valence-corrected chi connectivity index (χ0v) is 10.4. The van der Waals surface area contributed by atoms with Crippen molar-refractivity contribution in [3.63, 3.8) is 0 Å². The second kappa shape index (κ2) is 6.39. The molecule has 3 atom stereocenters. The summed E-state index contributed by atoms with van der Waals surface area (Å²) in [5.41, 5.74) is 0. The third-order valence-corrected chi connectivity index (χ3v) is 3.03. The van der Waals surface area contributed by atoms with Crippen LogP contribution in [0.1, 0.15) is 19.8 Å². The average molecular weight is 240 g/mol. The van der Waals surface area contributed by atoms with Crippen molar-refractivity contribution in [1.82, 2.24) is 10.6 Å².